The molecule has 0 aliphatic heterocycles. The van der Waals surface area contributed by atoms with Gasteiger partial charge in [0.25, 0.3) is 0 Å². The summed E-state index contributed by atoms with van der Waals surface area (Å²) in [4.78, 5) is 23.5. The summed E-state index contributed by atoms with van der Waals surface area (Å²) in [5.41, 5.74) is 0.976. The number of aliphatic hydroxyl groups is 1. The monoisotopic (exact) mass is 346 g/mol. The Labute approximate surface area is 146 Å². The zero-order valence-electron chi connectivity index (χ0n) is 14.0. The molecule has 3 N–H and O–H groups in total. The highest BCUT2D eigenvalue weighted by molar-refractivity contribution is 5.92. The van der Waals surface area contributed by atoms with Gasteiger partial charge in [0.2, 0.25) is 0 Å². The Kier molecular flexibility index (Phi) is 7.03. The Morgan fingerprint density at radius 2 is 2.00 bits per heavy atom. The number of carbonyl (C=O) groups is 2. The second kappa shape index (κ2) is 9.48. The van der Waals surface area contributed by atoms with Crippen LogP contribution in [-0.4, -0.2) is 36.9 Å². The molecule has 0 saturated carbocycles. The van der Waals surface area contributed by atoms with Gasteiger partial charge in [0.15, 0.2) is 0 Å². The van der Waals surface area contributed by atoms with E-state index in [4.69, 9.17) is 9.15 Å². The third-order valence-corrected chi connectivity index (χ3v) is 3.53. The summed E-state index contributed by atoms with van der Waals surface area (Å²) in [6, 6.07) is 9.64. The number of furan rings is 1. The van der Waals surface area contributed by atoms with Gasteiger partial charge in [0.1, 0.15) is 5.76 Å². The van der Waals surface area contributed by atoms with E-state index in [0.29, 0.717) is 30.8 Å². The van der Waals surface area contributed by atoms with Crippen LogP contribution in [0.4, 0.5) is 10.5 Å². The summed E-state index contributed by atoms with van der Waals surface area (Å²) in [5, 5.41) is 14.8. The minimum absolute atomic E-state index is 0.0603. The molecule has 0 bridgehead atoms. The second-order valence-electron chi connectivity index (χ2n) is 5.46. The van der Waals surface area contributed by atoms with E-state index in [9.17, 15) is 14.7 Å². The summed E-state index contributed by atoms with van der Waals surface area (Å²) in [7, 11) is 0. The summed E-state index contributed by atoms with van der Waals surface area (Å²) < 4.78 is 10.1. The number of carbonyl (C=O) groups excluding carboxylic acids is 2. The maximum atomic E-state index is 11.9. The van der Waals surface area contributed by atoms with Crippen molar-refractivity contribution in [3.05, 3.63) is 54.0 Å². The third-order valence-electron chi connectivity index (χ3n) is 3.53. The van der Waals surface area contributed by atoms with Crippen molar-refractivity contribution in [3.8, 4) is 0 Å². The summed E-state index contributed by atoms with van der Waals surface area (Å²) in [6.07, 6.45) is 2.11. The largest absolute Gasteiger partial charge is 0.469 e. The molecule has 1 aromatic heterocycles. The molecule has 1 heterocycles. The summed E-state index contributed by atoms with van der Waals surface area (Å²) in [6.45, 7) is 2.30. The van der Waals surface area contributed by atoms with Crippen molar-refractivity contribution < 1.29 is 23.8 Å². The lowest BCUT2D eigenvalue weighted by molar-refractivity contribution is 0.0526. The van der Waals surface area contributed by atoms with E-state index in [0.717, 1.165) is 5.76 Å². The van der Waals surface area contributed by atoms with Crippen LogP contribution in [0.15, 0.2) is 47.1 Å². The predicted molar refractivity (Wildman–Crippen MR) is 92.4 cm³/mol. The molecule has 134 valence electrons. The number of esters is 1. The van der Waals surface area contributed by atoms with E-state index in [-0.39, 0.29) is 18.6 Å². The Bertz CT molecular complexity index is 667. The first-order valence-electron chi connectivity index (χ1n) is 8.07. The van der Waals surface area contributed by atoms with Crippen molar-refractivity contribution in [2.45, 2.75) is 13.3 Å². The highest BCUT2D eigenvalue weighted by Crippen LogP contribution is 2.11. The van der Waals surface area contributed by atoms with Gasteiger partial charge in [0.05, 0.1) is 18.4 Å². The van der Waals surface area contributed by atoms with Crippen LogP contribution in [0.1, 0.15) is 23.0 Å². The molecule has 1 atom stereocenters. The standard InChI is InChI=1S/C18H22N2O5/c1-2-24-17(22)14-5-7-15(8-6-14)20-18(23)19-11-13(12-21)10-16-4-3-9-25-16/h3-9,13,21H,2,10-12H2,1H3,(H2,19,20,23). The fraction of sp³-hybridized carbons (Fsp3) is 0.333. The van der Waals surface area contributed by atoms with Crippen LogP contribution < -0.4 is 10.6 Å². The maximum absolute atomic E-state index is 11.9. The molecule has 0 fully saturated rings. The molecule has 0 aliphatic rings. The number of benzene rings is 1. The molecule has 0 spiro atoms. The second-order valence-corrected chi connectivity index (χ2v) is 5.46. The van der Waals surface area contributed by atoms with Gasteiger partial charge >= 0.3 is 12.0 Å². The van der Waals surface area contributed by atoms with Crippen molar-refractivity contribution in [2.24, 2.45) is 5.92 Å². The van der Waals surface area contributed by atoms with Gasteiger partial charge in [0, 0.05) is 31.2 Å². The lowest BCUT2D eigenvalue weighted by Crippen LogP contribution is -2.34. The van der Waals surface area contributed by atoms with Gasteiger partial charge in [-0.2, -0.15) is 0 Å². The zero-order valence-corrected chi connectivity index (χ0v) is 14.0. The fourth-order valence-electron chi connectivity index (χ4n) is 2.23. The molecular formula is C18H22N2O5. The van der Waals surface area contributed by atoms with Crippen LogP contribution in [0, 0.1) is 5.92 Å². The van der Waals surface area contributed by atoms with Crippen molar-refractivity contribution in [3.63, 3.8) is 0 Å². The predicted octanol–water partition coefficient (Wildman–Crippen LogP) is 2.43. The van der Waals surface area contributed by atoms with Crippen LogP contribution in [0.5, 0.6) is 0 Å². The minimum Gasteiger partial charge on any atom is -0.469 e. The lowest BCUT2D eigenvalue weighted by atomic mass is 10.1. The maximum Gasteiger partial charge on any atom is 0.338 e. The van der Waals surface area contributed by atoms with Gasteiger partial charge in [-0.15, -0.1) is 0 Å². The Morgan fingerprint density at radius 3 is 2.60 bits per heavy atom. The lowest BCUT2D eigenvalue weighted by Gasteiger charge is -2.14. The molecule has 2 aromatic rings. The van der Waals surface area contributed by atoms with Crippen LogP contribution in [0.25, 0.3) is 0 Å². The molecule has 7 nitrogen and oxygen atoms in total. The Morgan fingerprint density at radius 1 is 1.24 bits per heavy atom. The molecule has 2 amide bonds. The zero-order chi connectivity index (χ0) is 18.1. The number of rotatable bonds is 8. The van der Waals surface area contributed by atoms with Gasteiger partial charge in [-0.1, -0.05) is 0 Å². The Balaban J connectivity index is 1.80. The SMILES string of the molecule is CCOC(=O)c1ccc(NC(=O)NCC(CO)Cc2ccco2)cc1. The van der Waals surface area contributed by atoms with E-state index in [1.54, 1.807) is 43.5 Å². The number of amides is 2. The highest BCUT2D eigenvalue weighted by Gasteiger charge is 2.12. The summed E-state index contributed by atoms with van der Waals surface area (Å²) >= 11 is 0. The van der Waals surface area contributed by atoms with Crippen LogP contribution >= 0.6 is 0 Å². The number of hydrogen-bond acceptors (Lipinski definition) is 5. The molecule has 0 saturated heterocycles. The number of urea groups is 1. The van der Waals surface area contributed by atoms with Crippen LogP contribution in [0.3, 0.4) is 0 Å². The molecule has 25 heavy (non-hydrogen) atoms. The van der Waals surface area contributed by atoms with Gasteiger partial charge < -0.3 is 24.9 Å². The number of nitrogens with one attached hydrogen (secondary N) is 2. The average Bonchev–Trinajstić information content (AvgIpc) is 3.12. The van der Waals surface area contributed by atoms with Crippen molar-refractivity contribution >= 4 is 17.7 Å². The molecule has 1 unspecified atom stereocenters. The average molecular weight is 346 g/mol. The van der Waals surface area contributed by atoms with Gasteiger partial charge in [-0.05, 0) is 43.3 Å². The number of hydrogen-bond donors (Lipinski definition) is 3. The molecule has 2 rings (SSSR count). The third kappa shape index (κ3) is 5.96. The topological polar surface area (TPSA) is 101 Å². The smallest absolute Gasteiger partial charge is 0.338 e. The van der Waals surface area contributed by atoms with Gasteiger partial charge in [-0.3, -0.25) is 0 Å². The normalized spacial score (nSPS) is 11.6. The Hall–Kier alpha value is -2.80. The van der Waals surface area contributed by atoms with E-state index in [2.05, 4.69) is 10.6 Å². The molecule has 0 radical (unpaired) electrons. The minimum atomic E-state index is -0.401. The molecular weight excluding hydrogens is 324 g/mol. The first kappa shape index (κ1) is 18.5. The van der Waals surface area contributed by atoms with Crippen molar-refractivity contribution in [2.75, 3.05) is 25.1 Å². The first-order valence-corrected chi connectivity index (χ1v) is 8.07. The number of aliphatic hydroxyl groups excluding tert-OH is 1. The van der Waals surface area contributed by atoms with Crippen molar-refractivity contribution in [1.29, 1.82) is 0 Å². The number of ether oxygens (including phenoxy) is 1. The van der Waals surface area contributed by atoms with E-state index < -0.39 is 5.97 Å². The van der Waals surface area contributed by atoms with E-state index >= 15 is 0 Å². The summed E-state index contributed by atoms with van der Waals surface area (Å²) in [5.74, 6) is 0.223. The number of anilines is 1. The van der Waals surface area contributed by atoms with Crippen molar-refractivity contribution in [1.82, 2.24) is 5.32 Å². The fourth-order valence-corrected chi connectivity index (χ4v) is 2.23. The highest BCUT2D eigenvalue weighted by atomic mass is 16.5. The molecule has 0 aliphatic carbocycles. The molecule has 1 aromatic carbocycles. The quantitative estimate of drug-likeness (QED) is 0.637. The van der Waals surface area contributed by atoms with Gasteiger partial charge in [-0.25, -0.2) is 9.59 Å². The van der Waals surface area contributed by atoms with Crippen LogP contribution in [-0.2, 0) is 11.2 Å². The van der Waals surface area contributed by atoms with E-state index in [1.807, 2.05) is 6.07 Å². The van der Waals surface area contributed by atoms with Crippen LogP contribution in [0.2, 0.25) is 0 Å². The molecule has 7 heteroatoms. The first-order chi connectivity index (χ1) is 12.1. The van der Waals surface area contributed by atoms with E-state index in [1.165, 1.54) is 0 Å².